The number of likely N-dealkylation sites (tertiary alicyclic amines) is 1. The van der Waals surface area contributed by atoms with Gasteiger partial charge in [-0.1, -0.05) is 6.07 Å². The van der Waals surface area contributed by atoms with Gasteiger partial charge in [-0.2, -0.15) is 4.98 Å². The van der Waals surface area contributed by atoms with Gasteiger partial charge in [0.2, 0.25) is 5.91 Å². The lowest BCUT2D eigenvalue weighted by atomic mass is 10.1. The number of halogens is 2. The third-order valence-electron chi connectivity index (χ3n) is 7.02. The summed E-state index contributed by atoms with van der Waals surface area (Å²) < 4.78 is 16.1. The van der Waals surface area contributed by atoms with E-state index in [9.17, 15) is 18.8 Å². The summed E-state index contributed by atoms with van der Waals surface area (Å²) in [5.41, 5.74) is 11.2. The summed E-state index contributed by atoms with van der Waals surface area (Å²) in [7, 11) is 0. The number of benzene rings is 1. The van der Waals surface area contributed by atoms with Crippen molar-refractivity contribution in [2.45, 2.75) is 51.2 Å². The van der Waals surface area contributed by atoms with Crippen molar-refractivity contribution in [2.24, 2.45) is 11.5 Å². The maximum atomic E-state index is 14.9. The van der Waals surface area contributed by atoms with Crippen molar-refractivity contribution in [3.63, 3.8) is 0 Å². The second-order valence-electron chi connectivity index (χ2n) is 10.6. The minimum Gasteiger partial charge on any atom is -0.338 e. The Balaban J connectivity index is 0.00000420. The van der Waals surface area contributed by atoms with Crippen molar-refractivity contribution in [2.75, 3.05) is 44.6 Å². The third-order valence-corrected chi connectivity index (χ3v) is 7.02. The first kappa shape index (κ1) is 30.5. The maximum absolute atomic E-state index is 14.9. The van der Waals surface area contributed by atoms with Gasteiger partial charge in [-0.05, 0) is 64.4 Å². The number of nitrogens with zero attached hydrogens (tertiary/aromatic N) is 5. The Kier molecular flexibility index (Phi) is 10.1. The van der Waals surface area contributed by atoms with E-state index in [1.54, 1.807) is 35.8 Å². The fourth-order valence-electron chi connectivity index (χ4n) is 4.77. The standard InChI is InChI=1S/C26H37FN8O3.ClH/c1-26(2,29)23(36)33-12-14-34(15-13-33)24(37)30-22-8-11-35(25(38)31-22)20-6-5-18(21(27)16-20)17-32-9-3-4-19(28)7-10-32;/h5-6,8,11,16,19H,3-4,7,9-10,12-15,17,28-29H2,1-2H3,(H,30,31,37,38);1H. The Morgan fingerprint density at radius 3 is 2.41 bits per heavy atom. The van der Waals surface area contributed by atoms with Gasteiger partial charge in [0.1, 0.15) is 11.6 Å². The van der Waals surface area contributed by atoms with Crippen LogP contribution in [0.2, 0.25) is 0 Å². The van der Waals surface area contributed by atoms with Crippen LogP contribution in [0, 0.1) is 5.82 Å². The number of amides is 3. The Morgan fingerprint density at radius 2 is 1.77 bits per heavy atom. The van der Waals surface area contributed by atoms with Crippen LogP contribution < -0.4 is 22.5 Å². The zero-order valence-corrected chi connectivity index (χ0v) is 23.3. The number of anilines is 1. The van der Waals surface area contributed by atoms with Crippen LogP contribution in [0.1, 0.15) is 38.7 Å². The topological polar surface area (TPSA) is 143 Å². The van der Waals surface area contributed by atoms with Crippen molar-refractivity contribution in [1.82, 2.24) is 24.3 Å². The van der Waals surface area contributed by atoms with Crippen LogP contribution in [0.3, 0.4) is 0 Å². The van der Waals surface area contributed by atoms with Crippen LogP contribution in [0.25, 0.3) is 5.69 Å². The first-order valence-electron chi connectivity index (χ1n) is 13.0. The van der Waals surface area contributed by atoms with Gasteiger partial charge in [0.15, 0.2) is 0 Å². The summed E-state index contributed by atoms with van der Waals surface area (Å²) in [6, 6.07) is 5.97. The van der Waals surface area contributed by atoms with E-state index in [-0.39, 0.29) is 30.2 Å². The molecule has 0 radical (unpaired) electrons. The van der Waals surface area contributed by atoms with E-state index in [2.05, 4.69) is 15.2 Å². The lowest BCUT2D eigenvalue weighted by Crippen LogP contribution is -2.58. The molecule has 4 rings (SSSR count). The lowest BCUT2D eigenvalue weighted by molar-refractivity contribution is -0.137. The third kappa shape index (κ3) is 7.75. The molecular weight excluding hydrogens is 527 g/mol. The van der Waals surface area contributed by atoms with Gasteiger partial charge in [0.05, 0.1) is 11.2 Å². The van der Waals surface area contributed by atoms with Crippen LogP contribution >= 0.6 is 12.4 Å². The van der Waals surface area contributed by atoms with Gasteiger partial charge in [-0.15, -0.1) is 12.4 Å². The minimum atomic E-state index is -0.969. The van der Waals surface area contributed by atoms with Crippen molar-refractivity contribution in [3.8, 4) is 5.69 Å². The van der Waals surface area contributed by atoms with E-state index in [4.69, 9.17) is 11.5 Å². The monoisotopic (exact) mass is 564 g/mol. The Morgan fingerprint density at radius 1 is 1.08 bits per heavy atom. The molecule has 0 spiro atoms. The number of carbonyl (C=O) groups is 2. The fourth-order valence-corrected chi connectivity index (χ4v) is 4.77. The van der Waals surface area contributed by atoms with E-state index in [1.807, 2.05) is 0 Å². The van der Waals surface area contributed by atoms with Gasteiger partial charge in [-0.3, -0.25) is 19.6 Å². The molecule has 3 heterocycles. The average Bonchev–Trinajstić information content (AvgIpc) is 3.08. The summed E-state index contributed by atoms with van der Waals surface area (Å²) in [4.78, 5) is 47.0. The molecular formula is C26H38ClFN8O3. The van der Waals surface area contributed by atoms with Crippen molar-refractivity contribution >= 4 is 30.2 Å². The SMILES string of the molecule is CC(C)(N)C(=O)N1CCN(C(=O)Nc2ccn(-c3ccc(CN4CCCC(N)CC4)c(F)c3)c(=O)n2)CC1.Cl. The number of nitrogens with one attached hydrogen (secondary N) is 1. The molecule has 5 N–H and O–H groups in total. The second-order valence-corrected chi connectivity index (χ2v) is 10.6. The predicted molar refractivity (Wildman–Crippen MR) is 150 cm³/mol. The van der Waals surface area contributed by atoms with E-state index in [1.165, 1.54) is 22.9 Å². The Bertz CT molecular complexity index is 1230. The summed E-state index contributed by atoms with van der Waals surface area (Å²) in [5.74, 6) is -0.468. The number of nitrogens with two attached hydrogens (primary N) is 2. The van der Waals surface area contributed by atoms with Gasteiger partial charge >= 0.3 is 11.7 Å². The summed E-state index contributed by atoms with van der Waals surface area (Å²) in [5, 5.41) is 2.63. The largest absolute Gasteiger partial charge is 0.354 e. The highest BCUT2D eigenvalue weighted by Crippen LogP contribution is 2.18. The van der Waals surface area contributed by atoms with Crippen LogP contribution in [0.15, 0.2) is 35.3 Å². The summed E-state index contributed by atoms with van der Waals surface area (Å²) in [6.07, 6.45) is 4.32. The first-order valence-corrected chi connectivity index (χ1v) is 13.0. The first-order chi connectivity index (χ1) is 18.0. The highest BCUT2D eigenvalue weighted by Gasteiger charge is 2.31. The molecule has 0 saturated carbocycles. The molecule has 2 fully saturated rings. The molecule has 214 valence electrons. The van der Waals surface area contributed by atoms with Gasteiger partial charge < -0.3 is 21.3 Å². The molecule has 39 heavy (non-hydrogen) atoms. The number of rotatable bonds is 5. The lowest BCUT2D eigenvalue weighted by Gasteiger charge is -2.37. The van der Waals surface area contributed by atoms with Crippen molar-refractivity contribution in [1.29, 1.82) is 0 Å². The number of aromatic nitrogens is 2. The molecule has 1 aromatic carbocycles. The Hall–Kier alpha value is -3.06. The van der Waals surface area contributed by atoms with Crippen LogP contribution in [-0.2, 0) is 11.3 Å². The molecule has 1 aromatic heterocycles. The highest BCUT2D eigenvalue weighted by atomic mass is 35.5. The molecule has 2 saturated heterocycles. The summed E-state index contributed by atoms with van der Waals surface area (Å²) >= 11 is 0. The molecule has 13 heteroatoms. The minimum absolute atomic E-state index is 0. The molecule has 1 atom stereocenters. The van der Waals surface area contributed by atoms with Crippen LogP contribution in [0.4, 0.5) is 15.0 Å². The van der Waals surface area contributed by atoms with E-state index in [0.717, 1.165) is 32.4 Å². The molecule has 2 aliphatic heterocycles. The molecule has 0 aliphatic carbocycles. The zero-order valence-electron chi connectivity index (χ0n) is 22.4. The normalized spacial score (nSPS) is 18.7. The van der Waals surface area contributed by atoms with Crippen LogP contribution in [-0.4, -0.2) is 87.0 Å². The number of hydrogen-bond donors (Lipinski definition) is 3. The van der Waals surface area contributed by atoms with Crippen molar-refractivity contribution in [3.05, 3.63) is 52.3 Å². The molecule has 3 amide bonds. The van der Waals surface area contributed by atoms with Gasteiger partial charge in [0, 0.05) is 50.5 Å². The Labute approximate surface area is 233 Å². The van der Waals surface area contributed by atoms with Gasteiger partial charge in [-0.25, -0.2) is 14.0 Å². The molecule has 2 aliphatic rings. The number of urea groups is 1. The summed E-state index contributed by atoms with van der Waals surface area (Å²) in [6.45, 7) is 6.91. The molecule has 1 unspecified atom stereocenters. The quantitative estimate of drug-likeness (QED) is 0.499. The number of piperazine rings is 1. The van der Waals surface area contributed by atoms with Gasteiger partial charge in [0.25, 0.3) is 0 Å². The zero-order chi connectivity index (χ0) is 27.4. The van der Waals surface area contributed by atoms with E-state index >= 15 is 0 Å². The molecule has 11 nitrogen and oxygen atoms in total. The van der Waals surface area contributed by atoms with E-state index < -0.39 is 23.1 Å². The second kappa shape index (κ2) is 12.9. The van der Waals surface area contributed by atoms with Crippen molar-refractivity contribution < 1.29 is 14.0 Å². The highest BCUT2D eigenvalue weighted by molar-refractivity contribution is 5.89. The van der Waals surface area contributed by atoms with E-state index in [0.29, 0.717) is 44.0 Å². The average molecular weight is 565 g/mol. The predicted octanol–water partition coefficient (Wildman–Crippen LogP) is 1.52. The maximum Gasteiger partial charge on any atom is 0.354 e. The van der Waals surface area contributed by atoms with Crippen LogP contribution in [0.5, 0.6) is 0 Å². The number of carbonyl (C=O) groups excluding carboxylic acids is 2. The number of hydrogen-bond acceptors (Lipinski definition) is 7. The molecule has 0 bridgehead atoms. The fraction of sp³-hybridized carbons (Fsp3) is 0.538. The smallest absolute Gasteiger partial charge is 0.338 e. The molecule has 2 aromatic rings.